The monoisotopic (exact) mass is 268 g/mol. The molecule has 3 heteroatoms. The van der Waals surface area contributed by atoms with E-state index < -0.39 is 0 Å². The molecule has 0 aliphatic carbocycles. The number of hydrogen-bond acceptors (Lipinski definition) is 2. The summed E-state index contributed by atoms with van der Waals surface area (Å²) < 4.78 is 13.5. The second-order valence-corrected chi connectivity index (χ2v) is 4.38. The Balaban J connectivity index is 2.55. The fourth-order valence-electron chi connectivity index (χ4n) is 2.23. The molecule has 0 saturated carbocycles. The normalized spacial score (nSPS) is 13.6. The van der Waals surface area contributed by atoms with Gasteiger partial charge in [-0.2, -0.15) is 0 Å². The molecule has 0 bridgehead atoms. The molecule has 2 rings (SSSR count). The summed E-state index contributed by atoms with van der Waals surface area (Å²) in [4.78, 5) is 4.31. The Hall–Kier alpha value is -2.42. The minimum absolute atomic E-state index is 0.173. The number of nitrogens with zero attached hydrogens (tertiary/aromatic N) is 1. The van der Waals surface area contributed by atoms with Crippen molar-refractivity contribution in [3.05, 3.63) is 83.4 Å². The van der Waals surface area contributed by atoms with Crippen molar-refractivity contribution >= 4 is 6.21 Å². The van der Waals surface area contributed by atoms with Gasteiger partial charge in [0.25, 0.3) is 0 Å². The summed E-state index contributed by atoms with van der Waals surface area (Å²) in [5.74, 6) is -0.437. The summed E-state index contributed by atoms with van der Waals surface area (Å²) in [5, 5.41) is 0. The Kier molecular flexibility index (Phi) is 4.66. The number of hydrogen-bond donors (Lipinski definition) is 1. The lowest BCUT2D eigenvalue weighted by Crippen LogP contribution is -2.06. The first kappa shape index (κ1) is 14.0. The summed E-state index contributed by atoms with van der Waals surface area (Å²) in [6.45, 7) is 1.83. The van der Waals surface area contributed by atoms with Crippen LogP contribution in [0.15, 0.2) is 71.5 Å². The fourth-order valence-corrected chi connectivity index (χ4v) is 2.23. The van der Waals surface area contributed by atoms with Gasteiger partial charge in [-0.15, -0.1) is 0 Å². The van der Waals surface area contributed by atoms with Crippen LogP contribution in [0.4, 0.5) is 4.39 Å². The van der Waals surface area contributed by atoms with Gasteiger partial charge in [0, 0.05) is 12.4 Å². The van der Waals surface area contributed by atoms with Crippen molar-refractivity contribution in [1.82, 2.24) is 0 Å². The van der Waals surface area contributed by atoms with Gasteiger partial charge in [-0.1, -0.05) is 42.5 Å². The van der Waals surface area contributed by atoms with E-state index in [4.69, 9.17) is 5.73 Å². The van der Waals surface area contributed by atoms with Gasteiger partial charge in [0.15, 0.2) is 0 Å². The molecule has 0 spiro atoms. The Bertz CT molecular complexity index is 618. The summed E-state index contributed by atoms with van der Waals surface area (Å²) >= 11 is 0. The lowest BCUT2D eigenvalue weighted by atomic mass is 9.88. The molecule has 0 amide bonds. The largest absolute Gasteiger partial charge is 0.403 e. The summed E-state index contributed by atoms with van der Waals surface area (Å²) in [6.07, 6.45) is 3.16. The van der Waals surface area contributed by atoms with Crippen LogP contribution >= 0.6 is 0 Å². The fraction of sp³-hybridized carbons (Fsp3) is 0.118. The van der Waals surface area contributed by atoms with Crippen LogP contribution in [0.25, 0.3) is 0 Å². The second kappa shape index (κ2) is 6.66. The molecule has 0 radical (unpaired) electrons. The van der Waals surface area contributed by atoms with Crippen molar-refractivity contribution in [2.75, 3.05) is 0 Å². The minimum atomic E-state index is -0.264. The van der Waals surface area contributed by atoms with E-state index in [2.05, 4.69) is 4.99 Å². The van der Waals surface area contributed by atoms with Gasteiger partial charge < -0.3 is 5.73 Å². The van der Waals surface area contributed by atoms with Crippen molar-refractivity contribution in [1.29, 1.82) is 0 Å². The third-order valence-electron chi connectivity index (χ3n) is 3.06. The standard InChI is InChI=1S/C17H17FN2/c1-2-20-16(12-19)17(13-7-4-3-5-8-13)14-9-6-10-15(18)11-14/h2-12,17H,19H2,1H3/b16-12-,20-2?. The van der Waals surface area contributed by atoms with Crippen LogP contribution in [0.5, 0.6) is 0 Å². The average molecular weight is 268 g/mol. The minimum Gasteiger partial charge on any atom is -0.403 e. The van der Waals surface area contributed by atoms with Crippen LogP contribution in [0, 0.1) is 5.82 Å². The van der Waals surface area contributed by atoms with Crippen LogP contribution in [0.3, 0.4) is 0 Å². The average Bonchev–Trinajstić information content (AvgIpc) is 2.48. The molecule has 102 valence electrons. The Morgan fingerprint density at radius 3 is 2.40 bits per heavy atom. The third-order valence-corrected chi connectivity index (χ3v) is 3.06. The van der Waals surface area contributed by atoms with Gasteiger partial charge in [-0.25, -0.2) is 4.39 Å². The van der Waals surface area contributed by atoms with Crippen LogP contribution in [-0.4, -0.2) is 6.21 Å². The predicted octanol–water partition coefficient (Wildman–Crippen LogP) is 3.85. The first-order chi connectivity index (χ1) is 9.76. The molecule has 20 heavy (non-hydrogen) atoms. The Morgan fingerprint density at radius 1 is 1.10 bits per heavy atom. The highest BCUT2D eigenvalue weighted by Crippen LogP contribution is 2.32. The lowest BCUT2D eigenvalue weighted by molar-refractivity contribution is 0.624. The zero-order chi connectivity index (χ0) is 14.4. The number of aliphatic imine (C=N–C) groups is 1. The molecule has 0 aromatic heterocycles. The number of benzene rings is 2. The van der Waals surface area contributed by atoms with Crippen LogP contribution < -0.4 is 5.73 Å². The van der Waals surface area contributed by atoms with Crippen LogP contribution in [-0.2, 0) is 0 Å². The predicted molar refractivity (Wildman–Crippen MR) is 81.1 cm³/mol. The Labute approximate surface area is 118 Å². The van der Waals surface area contributed by atoms with Crippen molar-refractivity contribution in [3.8, 4) is 0 Å². The van der Waals surface area contributed by atoms with E-state index in [0.29, 0.717) is 5.70 Å². The zero-order valence-corrected chi connectivity index (χ0v) is 11.3. The molecule has 0 saturated heterocycles. The van der Waals surface area contributed by atoms with Gasteiger partial charge >= 0.3 is 0 Å². The van der Waals surface area contributed by atoms with Crippen molar-refractivity contribution in [2.24, 2.45) is 10.7 Å². The first-order valence-corrected chi connectivity index (χ1v) is 6.47. The van der Waals surface area contributed by atoms with E-state index in [1.165, 1.54) is 18.3 Å². The molecule has 2 nitrogen and oxygen atoms in total. The SMILES string of the molecule is CC=N/C(=C\N)C(c1ccccc1)c1cccc(F)c1. The molecule has 2 aromatic carbocycles. The molecule has 1 atom stereocenters. The highest BCUT2D eigenvalue weighted by molar-refractivity contribution is 5.57. The van der Waals surface area contributed by atoms with Crippen LogP contribution in [0.1, 0.15) is 24.0 Å². The number of rotatable bonds is 4. The quantitative estimate of drug-likeness (QED) is 0.840. The third kappa shape index (κ3) is 3.12. The summed E-state index contributed by atoms with van der Waals surface area (Å²) in [6, 6.07) is 16.4. The van der Waals surface area contributed by atoms with Gasteiger partial charge in [-0.05, 0) is 30.2 Å². The molecule has 1 unspecified atom stereocenters. The topological polar surface area (TPSA) is 38.4 Å². The molecule has 0 fully saturated rings. The van der Waals surface area contributed by atoms with Gasteiger partial charge in [-0.3, -0.25) is 4.99 Å². The molecule has 2 aromatic rings. The van der Waals surface area contributed by atoms with Gasteiger partial charge in [0.1, 0.15) is 5.82 Å². The first-order valence-electron chi connectivity index (χ1n) is 6.47. The number of nitrogens with two attached hydrogens (primary N) is 1. The van der Waals surface area contributed by atoms with Crippen molar-refractivity contribution in [3.63, 3.8) is 0 Å². The van der Waals surface area contributed by atoms with E-state index in [-0.39, 0.29) is 11.7 Å². The molecule has 2 N–H and O–H groups in total. The molecular formula is C17H17FN2. The lowest BCUT2D eigenvalue weighted by Gasteiger charge is -2.18. The maximum atomic E-state index is 13.5. The highest BCUT2D eigenvalue weighted by atomic mass is 19.1. The van der Waals surface area contributed by atoms with Gasteiger partial charge in [0.2, 0.25) is 0 Å². The maximum absolute atomic E-state index is 13.5. The van der Waals surface area contributed by atoms with E-state index in [1.807, 2.05) is 43.3 Å². The van der Waals surface area contributed by atoms with E-state index in [9.17, 15) is 4.39 Å². The molecule has 0 aliphatic rings. The smallest absolute Gasteiger partial charge is 0.123 e. The second-order valence-electron chi connectivity index (χ2n) is 4.38. The molecule has 0 heterocycles. The molecule has 0 aliphatic heterocycles. The number of halogens is 1. The van der Waals surface area contributed by atoms with E-state index >= 15 is 0 Å². The van der Waals surface area contributed by atoms with E-state index in [0.717, 1.165) is 11.1 Å². The Morgan fingerprint density at radius 2 is 1.80 bits per heavy atom. The van der Waals surface area contributed by atoms with Crippen LogP contribution in [0.2, 0.25) is 0 Å². The summed E-state index contributed by atoms with van der Waals surface area (Å²) in [7, 11) is 0. The zero-order valence-electron chi connectivity index (χ0n) is 11.3. The number of allylic oxidation sites excluding steroid dienone is 1. The van der Waals surface area contributed by atoms with Crippen molar-refractivity contribution < 1.29 is 4.39 Å². The molecular weight excluding hydrogens is 251 g/mol. The van der Waals surface area contributed by atoms with Gasteiger partial charge in [0.05, 0.1) is 11.6 Å². The summed E-state index contributed by atoms with van der Waals surface area (Å²) in [5.41, 5.74) is 8.26. The highest BCUT2D eigenvalue weighted by Gasteiger charge is 2.18. The van der Waals surface area contributed by atoms with E-state index in [1.54, 1.807) is 12.3 Å². The maximum Gasteiger partial charge on any atom is 0.123 e. The van der Waals surface area contributed by atoms with Crippen molar-refractivity contribution in [2.45, 2.75) is 12.8 Å².